The quantitative estimate of drug-likeness (QED) is 0.298. The molecule has 4 atom stereocenters. The van der Waals surface area contributed by atoms with Crippen LogP contribution in [0.1, 0.15) is 19.4 Å². The fourth-order valence-corrected chi connectivity index (χ4v) is 1.83. The van der Waals surface area contributed by atoms with Crippen molar-refractivity contribution in [2.24, 2.45) is 17.2 Å². The Balaban J connectivity index is 0.000000474. The average Bonchev–Trinajstić information content (AvgIpc) is 3.04. The summed E-state index contributed by atoms with van der Waals surface area (Å²) in [4.78, 5) is 33.1. The molecule has 1 aromatic heterocycles. The van der Waals surface area contributed by atoms with E-state index in [2.05, 4.69) is 4.98 Å². The van der Waals surface area contributed by atoms with Crippen molar-refractivity contribution in [2.45, 2.75) is 44.5 Å². The molecule has 4 unspecified atom stereocenters. The average molecular weight is 412 g/mol. The van der Waals surface area contributed by atoms with Crippen LogP contribution in [0.3, 0.4) is 0 Å². The van der Waals surface area contributed by atoms with E-state index in [-0.39, 0.29) is 0 Å². The molecule has 0 saturated carbocycles. The molecule has 2 rings (SSSR count). The molecule has 162 valence electrons. The number of nitrogens with one attached hydrogen (secondary N) is 1. The van der Waals surface area contributed by atoms with Crippen LogP contribution < -0.4 is 17.2 Å². The van der Waals surface area contributed by atoms with Gasteiger partial charge in [0.05, 0.1) is 6.10 Å². The van der Waals surface area contributed by atoms with Gasteiger partial charge in [0.25, 0.3) is 0 Å². The van der Waals surface area contributed by atoms with E-state index in [1.54, 1.807) is 0 Å². The van der Waals surface area contributed by atoms with E-state index in [0.29, 0.717) is 6.42 Å². The first-order valence-electron chi connectivity index (χ1n) is 8.56. The van der Waals surface area contributed by atoms with E-state index in [1.165, 1.54) is 13.8 Å². The fraction of sp³-hybridized carbons (Fsp3) is 0.389. The number of para-hydroxylation sites is 1. The second-order valence-electron chi connectivity index (χ2n) is 6.24. The van der Waals surface area contributed by atoms with Crippen molar-refractivity contribution in [3.63, 3.8) is 0 Å². The number of hydrogen-bond donors (Lipinski definition) is 8. The van der Waals surface area contributed by atoms with Gasteiger partial charge in [-0.05, 0) is 25.5 Å². The Labute approximate surface area is 167 Å². The maximum atomic E-state index is 10.6. The van der Waals surface area contributed by atoms with E-state index >= 15 is 0 Å². The van der Waals surface area contributed by atoms with Gasteiger partial charge in [0.1, 0.15) is 18.1 Å². The van der Waals surface area contributed by atoms with E-state index in [0.717, 1.165) is 16.5 Å². The lowest BCUT2D eigenvalue weighted by molar-refractivity contribution is -0.141. The molecule has 29 heavy (non-hydrogen) atoms. The zero-order valence-electron chi connectivity index (χ0n) is 16.1. The molecular weight excluding hydrogens is 384 g/mol. The Morgan fingerprint density at radius 2 is 1.48 bits per heavy atom. The Hall–Kier alpha value is -2.99. The number of aromatic amines is 1. The van der Waals surface area contributed by atoms with Crippen molar-refractivity contribution in [2.75, 3.05) is 0 Å². The number of benzene rings is 1. The van der Waals surface area contributed by atoms with Gasteiger partial charge in [-0.25, -0.2) is 0 Å². The molecule has 11 N–H and O–H groups in total. The van der Waals surface area contributed by atoms with Gasteiger partial charge in [0.2, 0.25) is 0 Å². The highest BCUT2D eigenvalue weighted by Gasteiger charge is 2.16. The Bertz CT molecular complexity index is 804. The molecule has 1 aromatic carbocycles. The number of nitrogens with two attached hydrogens (primary N) is 3. The SMILES string of the molecule is CC(N)C(=O)O.CC(O)C(N)C(=O)O.NC(Cc1c[nH]c2ccccc12)C(=O)O. The van der Waals surface area contributed by atoms with Crippen LogP contribution in [0, 0.1) is 0 Å². The molecule has 0 spiro atoms. The van der Waals surface area contributed by atoms with Gasteiger partial charge in [0.15, 0.2) is 0 Å². The topological polar surface area (TPSA) is 226 Å². The van der Waals surface area contributed by atoms with Crippen LogP contribution in [0.5, 0.6) is 0 Å². The summed E-state index contributed by atoms with van der Waals surface area (Å²) >= 11 is 0. The van der Waals surface area contributed by atoms with Crippen molar-refractivity contribution in [3.05, 3.63) is 36.0 Å². The van der Waals surface area contributed by atoms with Crippen LogP contribution in [0.4, 0.5) is 0 Å². The highest BCUT2D eigenvalue weighted by Crippen LogP contribution is 2.18. The minimum atomic E-state index is -1.18. The van der Waals surface area contributed by atoms with Gasteiger partial charge in [-0.2, -0.15) is 0 Å². The molecular formula is C18H28N4O7. The van der Waals surface area contributed by atoms with E-state index in [1.807, 2.05) is 30.5 Å². The number of carboxylic acid groups (broad SMARTS) is 3. The Morgan fingerprint density at radius 1 is 0.966 bits per heavy atom. The first-order valence-corrected chi connectivity index (χ1v) is 8.56. The largest absolute Gasteiger partial charge is 0.480 e. The number of hydrogen-bond acceptors (Lipinski definition) is 7. The second kappa shape index (κ2) is 12.5. The number of aromatic nitrogens is 1. The summed E-state index contributed by atoms with van der Waals surface area (Å²) < 4.78 is 0. The third-order valence-electron chi connectivity index (χ3n) is 3.63. The van der Waals surface area contributed by atoms with Crippen LogP contribution in [-0.4, -0.2) is 67.5 Å². The van der Waals surface area contributed by atoms with E-state index < -0.39 is 42.1 Å². The second-order valence-corrected chi connectivity index (χ2v) is 6.24. The standard InChI is InChI=1S/C11H12N2O2.C4H9NO3.C3H7NO2/c12-9(11(14)15)5-7-6-13-10-4-2-1-3-8(7)10;1-2(6)3(5)4(7)8;1-2(4)3(5)6/h1-4,6,9,13H,5,12H2,(H,14,15);2-3,6H,5H2,1H3,(H,7,8);2H,4H2,1H3,(H,5,6). The van der Waals surface area contributed by atoms with Crippen molar-refractivity contribution >= 4 is 28.8 Å². The number of H-pyrrole nitrogens is 1. The van der Waals surface area contributed by atoms with Gasteiger partial charge in [0, 0.05) is 23.5 Å². The van der Waals surface area contributed by atoms with E-state index in [9.17, 15) is 14.4 Å². The van der Waals surface area contributed by atoms with Crippen LogP contribution in [-0.2, 0) is 20.8 Å². The number of carboxylic acids is 3. The fourth-order valence-electron chi connectivity index (χ4n) is 1.83. The summed E-state index contributed by atoms with van der Waals surface area (Å²) in [5.41, 5.74) is 17.2. The zero-order chi connectivity index (χ0) is 22.7. The lowest BCUT2D eigenvalue weighted by Gasteiger charge is -2.06. The third-order valence-corrected chi connectivity index (χ3v) is 3.63. The molecule has 0 radical (unpaired) electrons. The van der Waals surface area contributed by atoms with Crippen molar-refractivity contribution in [3.8, 4) is 0 Å². The predicted molar refractivity (Wildman–Crippen MR) is 106 cm³/mol. The Kier molecular flexibility index (Phi) is 11.2. The highest BCUT2D eigenvalue weighted by atomic mass is 16.4. The summed E-state index contributed by atoms with van der Waals surface area (Å²) in [6, 6.07) is 5.02. The van der Waals surface area contributed by atoms with Crippen LogP contribution in [0.2, 0.25) is 0 Å². The normalized spacial score (nSPS) is 14.3. The molecule has 0 aliphatic rings. The highest BCUT2D eigenvalue weighted by molar-refractivity contribution is 5.84. The molecule has 0 amide bonds. The number of fused-ring (bicyclic) bond motifs is 1. The Morgan fingerprint density at radius 3 is 1.86 bits per heavy atom. The molecule has 11 nitrogen and oxygen atoms in total. The van der Waals surface area contributed by atoms with Gasteiger partial charge in [-0.15, -0.1) is 0 Å². The minimum absolute atomic E-state index is 0.347. The molecule has 11 heteroatoms. The summed E-state index contributed by atoms with van der Waals surface area (Å²) in [7, 11) is 0. The van der Waals surface area contributed by atoms with Crippen LogP contribution in [0.15, 0.2) is 30.5 Å². The summed E-state index contributed by atoms with van der Waals surface area (Å²) in [6.45, 7) is 2.75. The summed E-state index contributed by atoms with van der Waals surface area (Å²) in [6.07, 6.45) is 1.18. The smallest absolute Gasteiger partial charge is 0.323 e. The third kappa shape index (κ3) is 9.67. The minimum Gasteiger partial charge on any atom is -0.480 e. The predicted octanol–water partition coefficient (Wildman–Crippen LogP) is -0.680. The number of aliphatic hydroxyl groups is 1. The first-order chi connectivity index (χ1) is 13.4. The zero-order valence-corrected chi connectivity index (χ0v) is 16.1. The molecule has 0 aliphatic heterocycles. The molecule has 2 aromatic rings. The van der Waals surface area contributed by atoms with E-state index in [4.69, 9.17) is 37.6 Å². The lowest BCUT2D eigenvalue weighted by Crippen LogP contribution is -2.39. The van der Waals surface area contributed by atoms with Crippen LogP contribution in [0.25, 0.3) is 10.9 Å². The number of rotatable bonds is 6. The molecule has 0 fully saturated rings. The number of aliphatic hydroxyl groups excluding tert-OH is 1. The molecule has 0 aliphatic carbocycles. The van der Waals surface area contributed by atoms with Gasteiger partial charge in [-0.1, -0.05) is 18.2 Å². The molecule has 0 saturated heterocycles. The van der Waals surface area contributed by atoms with Gasteiger partial charge >= 0.3 is 17.9 Å². The van der Waals surface area contributed by atoms with Crippen molar-refractivity contribution in [1.29, 1.82) is 0 Å². The summed E-state index contributed by atoms with van der Waals surface area (Å²) in [5.74, 6) is -3.12. The molecule has 0 bridgehead atoms. The lowest BCUT2D eigenvalue weighted by atomic mass is 10.1. The first kappa shape index (κ1) is 26.0. The maximum absolute atomic E-state index is 10.6. The number of carbonyl (C=O) groups is 3. The van der Waals surface area contributed by atoms with Gasteiger partial charge < -0.3 is 42.6 Å². The molecule has 1 heterocycles. The van der Waals surface area contributed by atoms with Crippen molar-refractivity contribution < 1.29 is 34.8 Å². The maximum Gasteiger partial charge on any atom is 0.323 e. The van der Waals surface area contributed by atoms with Crippen LogP contribution >= 0.6 is 0 Å². The monoisotopic (exact) mass is 412 g/mol. The summed E-state index contributed by atoms with van der Waals surface area (Å²) in [5, 5.41) is 34.2. The van der Waals surface area contributed by atoms with Gasteiger partial charge in [-0.3, -0.25) is 14.4 Å². The van der Waals surface area contributed by atoms with Crippen molar-refractivity contribution in [1.82, 2.24) is 4.98 Å². The number of aliphatic carboxylic acids is 3.